The number of piperazine rings is 1. The first-order valence-electron chi connectivity index (χ1n) is 8.32. The van der Waals surface area contributed by atoms with Crippen molar-refractivity contribution in [2.45, 2.75) is 19.1 Å². The van der Waals surface area contributed by atoms with Gasteiger partial charge in [0.25, 0.3) is 0 Å². The van der Waals surface area contributed by atoms with Crippen molar-refractivity contribution in [1.29, 1.82) is 0 Å². The molecule has 2 aromatic rings. The zero-order valence-electron chi connectivity index (χ0n) is 14.0. The van der Waals surface area contributed by atoms with E-state index in [1.165, 1.54) is 24.3 Å². The third-order valence-electron chi connectivity index (χ3n) is 4.28. The van der Waals surface area contributed by atoms with E-state index < -0.39 is 6.61 Å². The number of hydrogen-bond acceptors (Lipinski definition) is 3. The molecular weight excluding hydrogens is 345 g/mol. The van der Waals surface area contributed by atoms with Gasteiger partial charge in [-0.1, -0.05) is 24.3 Å². The predicted octanol–water partition coefficient (Wildman–Crippen LogP) is 3.14. The molecule has 1 aliphatic rings. The van der Waals surface area contributed by atoms with Gasteiger partial charge in [-0.2, -0.15) is 8.78 Å². The Morgan fingerprint density at radius 3 is 2.81 bits per heavy atom. The minimum Gasteiger partial charge on any atom is -0.435 e. The minimum atomic E-state index is -2.91. The molecule has 1 fully saturated rings. The molecule has 1 atom stereocenters. The topological polar surface area (TPSA) is 41.6 Å². The molecule has 4 nitrogen and oxygen atoms in total. The molecule has 1 saturated heterocycles. The Hall–Kier alpha value is -2.54. The van der Waals surface area contributed by atoms with Crippen LogP contribution in [0.5, 0.6) is 5.75 Å². The Bertz CT molecular complexity index is 770. The molecule has 1 unspecified atom stereocenters. The lowest BCUT2D eigenvalue weighted by atomic mass is 10.0. The predicted molar refractivity (Wildman–Crippen MR) is 90.5 cm³/mol. The van der Waals surface area contributed by atoms with Gasteiger partial charge in [-0.3, -0.25) is 4.79 Å². The molecule has 138 valence electrons. The van der Waals surface area contributed by atoms with E-state index in [1.54, 1.807) is 29.2 Å². The average Bonchev–Trinajstić information content (AvgIpc) is 2.61. The molecule has 0 radical (unpaired) electrons. The number of ether oxygens (including phenoxy) is 1. The first-order valence-corrected chi connectivity index (χ1v) is 8.32. The Morgan fingerprint density at radius 1 is 1.23 bits per heavy atom. The van der Waals surface area contributed by atoms with Crippen molar-refractivity contribution in [3.8, 4) is 5.75 Å². The van der Waals surface area contributed by atoms with Crippen LogP contribution >= 0.6 is 0 Å². The van der Waals surface area contributed by atoms with Gasteiger partial charge in [0.2, 0.25) is 5.91 Å². The van der Waals surface area contributed by atoms with Crippen LogP contribution in [0.25, 0.3) is 0 Å². The van der Waals surface area contributed by atoms with E-state index in [4.69, 9.17) is 0 Å². The zero-order chi connectivity index (χ0) is 18.5. The van der Waals surface area contributed by atoms with Gasteiger partial charge in [0, 0.05) is 19.6 Å². The highest BCUT2D eigenvalue weighted by molar-refractivity contribution is 5.79. The summed E-state index contributed by atoms with van der Waals surface area (Å²) in [5.41, 5.74) is 1.31. The normalized spacial score (nSPS) is 17.4. The van der Waals surface area contributed by atoms with Crippen molar-refractivity contribution in [2.24, 2.45) is 0 Å². The van der Waals surface area contributed by atoms with Crippen molar-refractivity contribution in [3.05, 3.63) is 65.5 Å². The highest BCUT2D eigenvalue weighted by atomic mass is 19.3. The molecule has 0 spiro atoms. The first-order chi connectivity index (χ1) is 12.5. The molecule has 2 aromatic carbocycles. The monoisotopic (exact) mass is 364 g/mol. The molecule has 1 amide bonds. The summed E-state index contributed by atoms with van der Waals surface area (Å²) < 4.78 is 42.6. The van der Waals surface area contributed by atoms with E-state index in [9.17, 15) is 18.0 Å². The minimum absolute atomic E-state index is 0.0206. The number of alkyl halides is 2. The van der Waals surface area contributed by atoms with Crippen LogP contribution in [-0.2, 0) is 11.2 Å². The van der Waals surface area contributed by atoms with E-state index in [-0.39, 0.29) is 29.9 Å². The standard InChI is InChI=1S/C19H19F3N2O2/c20-15-5-2-4-14(11-15)17-12-23-7-8-24(17)18(25)10-13-3-1-6-16(9-13)26-19(21)22/h1-6,9,11,17,19,23H,7-8,10,12H2. The molecule has 1 N–H and O–H groups in total. The number of rotatable bonds is 5. The number of hydrogen-bond donors (Lipinski definition) is 1. The number of nitrogens with zero attached hydrogens (tertiary/aromatic N) is 1. The largest absolute Gasteiger partial charge is 0.435 e. The van der Waals surface area contributed by atoms with Crippen LogP contribution in [0.1, 0.15) is 17.2 Å². The smallest absolute Gasteiger partial charge is 0.387 e. The quantitative estimate of drug-likeness (QED) is 0.886. The molecule has 0 saturated carbocycles. The molecule has 0 aromatic heterocycles. The highest BCUT2D eigenvalue weighted by Gasteiger charge is 2.28. The number of benzene rings is 2. The summed E-state index contributed by atoms with van der Waals surface area (Å²) in [6.07, 6.45) is 0.0618. The summed E-state index contributed by atoms with van der Waals surface area (Å²) in [5.74, 6) is -0.473. The lowest BCUT2D eigenvalue weighted by molar-refractivity contribution is -0.133. The van der Waals surface area contributed by atoms with E-state index in [1.807, 2.05) is 0 Å². The van der Waals surface area contributed by atoms with Crippen molar-refractivity contribution in [1.82, 2.24) is 10.2 Å². The van der Waals surface area contributed by atoms with Gasteiger partial charge in [-0.25, -0.2) is 4.39 Å². The van der Waals surface area contributed by atoms with Crippen molar-refractivity contribution < 1.29 is 22.7 Å². The van der Waals surface area contributed by atoms with Crippen molar-refractivity contribution in [2.75, 3.05) is 19.6 Å². The van der Waals surface area contributed by atoms with Gasteiger partial charge in [0.1, 0.15) is 11.6 Å². The SMILES string of the molecule is O=C(Cc1cccc(OC(F)F)c1)N1CCNCC1c1cccc(F)c1. The number of nitrogens with one attached hydrogen (secondary N) is 1. The Morgan fingerprint density at radius 2 is 2.04 bits per heavy atom. The van der Waals surface area contributed by atoms with Crippen LogP contribution in [0.4, 0.5) is 13.2 Å². The zero-order valence-corrected chi connectivity index (χ0v) is 14.0. The summed E-state index contributed by atoms with van der Waals surface area (Å²) in [6.45, 7) is -1.24. The number of amides is 1. The maximum Gasteiger partial charge on any atom is 0.387 e. The maximum atomic E-state index is 13.5. The van der Waals surface area contributed by atoms with Gasteiger partial charge < -0.3 is 15.0 Å². The molecule has 7 heteroatoms. The van der Waals surface area contributed by atoms with Crippen LogP contribution in [0.15, 0.2) is 48.5 Å². The summed E-state index contributed by atoms with van der Waals surface area (Å²) in [5, 5.41) is 3.21. The molecule has 3 rings (SSSR count). The molecule has 0 bridgehead atoms. The van der Waals surface area contributed by atoms with Gasteiger partial charge in [-0.15, -0.1) is 0 Å². The third kappa shape index (κ3) is 4.54. The van der Waals surface area contributed by atoms with Gasteiger partial charge in [0.05, 0.1) is 12.5 Å². The number of carbonyl (C=O) groups is 1. The molecular formula is C19H19F3N2O2. The molecule has 1 heterocycles. The van der Waals surface area contributed by atoms with Crippen LogP contribution in [0, 0.1) is 5.82 Å². The van der Waals surface area contributed by atoms with E-state index >= 15 is 0 Å². The molecule has 0 aliphatic carbocycles. The second-order valence-corrected chi connectivity index (χ2v) is 6.06. The Kier molecular flexibility index (Phi) is 5.78. The van der Waals surface area contributed by atoms with Gasteiger partial charge in [0.15, 0.2) is 0 Å². The van der Waals surface area contributed by atoms with Crippen LogP contribution in [-0.4, -0.2) is 37.1 Å². The summed E-state index contributed by atoms with van der Waals surface area (Å²) in [7, 11) is 0. The van der Waals surface area contributed by atoms with Crippen LogP contribution in [0.2, 0.25) is 0 Å². The fourth-order valence-corrected chi connectivity index (χ4v) is 3.12. The number of halogens is 3. The highest BCUT2D eigenvalue weighted by Crippen LogP contribution is 2.24. The van der Waals surface area contributed by atoms with E-state index in [2.05, 4.69) is 10.1 Å². The second kappa shape index (κ2) is 8.23. The Balaban J connectivity index is 1.75. The van der Waals surface area contributed by atoms with Crippen molar-refractivity contribution >= 4 is 5.91 Å². The van der Waals surface area contributed by atoms with Crippen LogP contribution in [0.3, 0.4) is 0 Å². The summed E-state index contributed by atoms with van der Waals surface area (Å²) in [6, 6.07) is 12.0. The van der Waals surface area contributed by atoms with E-state index in [0.717, 1.165) is 5.56 Å². The summed E-state index contributed by atoms with van der Waals surface area (Å²) >= 11 is 0. The third-order valence-corrected chi connectivity index (χ3v) is 4.28. The lowest BCUT2D eigenvalue weighted by Gasteiger charge is -2.36. The lowest BCUT2D eigenvalue weighted by Crippen LogP contribution is -2.49. The molecule has 1 aliphatic heterocycles. The van der Waals surface area contributed by atoms with Crippen LogP contribution < -0.4 is 10.1 Å². The maximum absolute atomic E-state index is 13.5. The molecule has 26 heavy (non-hydrogen) atoms. The summed E-state index contributed by atoms with van der Waals surface area (Å²) in [4.78, 5) is 14.5. The van der Waals surface area contributed by atoms with Gasteiger partial charge >= 0.3 is 6.61 Å². The first kappa shape index (κ1) is 18.3. The fraction of sp³-hybridized carbons (Fsp3) is 0.316. The second-order valence-electron chi connectivity index (χ2n) is 6.06. The average molecular weight is 364 g/mol. The van der Waals surface area contributed by atoms with Gasteiger partial charge in [-0.05, 0) is 35.4 Å². The Labute approximate surface area is 149 Å². The van der Waals surface area contributed by atoms with E-state index in [0.29, 0.717) is 25.2 Å². The number of carbonyl (C=O) groups excluding carboxylic acids is 1. The van der Waals surface area contributed by atoms with Crippen molar-refractivity contribution in [3.63, 3.8) is 0 Å². The fourth-order valence-electron chi connectivity index (χ4n) is 3.12.